The van der Waals surface area contributed by atoms with Crippen molar-refractivity contribution in [1.82, 2.24) is 5.32 Å². The summed E-state index contributed by atoms with van der Waals surface area (Å²) < 4.78 is 22.9. The molecule has 2 heterocycles. The van der Waals surface area contributed by atoms with Crippen molar-refractivity contribution < 1.29 is 64.6 Å². The Morgan fingerprint density at radius 1 is 0.412 bits per heavy atom. The molecule has 0 spiro atoms. The molecule has 2 aliphatic heterocycles. The first-order valence-corrected chi connectivity index (χ1v) is 36.4. The molecule has 85 heavy (non-hydrogen) atoms. The summed E-state index contributed by atoms with van der Waals surface area (Å²) >= 11 is 0. The van der Waals surface area contributed by atoms with E-state index in [9.17, 15) is 45.6 Å². The largest absolute Gasteiger partial charge is 0.394 e. The van der Waals surface area contributed by atoms with Crippen molar-refractivity contribution in [3.8, 4) is 0 Å². The predicted octanol–water partition coefficient (Wildman–Crippen LogP) is 15.0. The number of carbonyl (C=O) groups excluding carboxylic acids is 1. The Kier molecular flexibility index (Phi) is 53.2. The first-order chi connectivity index (χ1) is 41.6. The van der Waals surface area contributed by atoms with Gasteiger partial charge in [0.1, 0.15) is 48.8 Å². The van der Waals surface area contributed by atoms with Crippen LogP contribution < -0.4 is 5.32 Å². The van der Waals surface area contributed by atoms with Gasteiger partial charge in [0.05, 0.1) is 32.0 Å². The van der Waals surface area contributed by atoms with Crippen molar-refractivity contribution in [2.24, 2.45) is 0 Å². The molecule has 2 rings (SSSR count). The molecular weight excluding hydrogens is 1070 g/mol. The van der Waals surface area contributed by atoms with Gasteiger partial charge >= 0.3 is 0 Å². The minimum atomic E-state index is -1.78. The third kappa shape index (κ3) is 41.0. The van der Waals surface area contributed by atoms with Crippen LogP contribution in [0, 0.1) is 0 Å². The van der Waals surface area contributed by atoms with E-state index in [4.69, 9.17) is 18.9 Å². The molecule has 12 atom stereocenters. The van der Waals surface area contributed by atoms with E-state index in [2.05, 4.69) is 31.3 Å². The standard InChI is InChI=1S/C71H137NO13/c1-3-5-7-9-11-13-15-17-19-21-23-24-25-26-27-28-29-30-31-32-33-34-35-36-37-39-41-43-45-47-49-51-53-55-63(76)72-59(60(75)54-52-50-48-46-44-42-40-38-22-20-18-16-14-12-10-8-6-4-2)58-82-70-68(81)66(79)69(62(57-74)84-70)85-71-67(80)65(78)64(77)61(56-73)83-71/h21,23,59-62,64-71,73-75,77-81H,3-20,22,24-58H2,1-2H3,(H,72,76)/b23-21-. The Labute approximate surface area is 520 Å². The SMILES string of the molecule is CCCCCCCCCC/C=C\CCCCCCCCCCCCCCCCCCCCCCCC(=O)NC(COC1OC(CO)C(OC2OC(CO)C(O)C(O)C2O)C(O)C1O)C(O)CCCCCCCCCCCCCCCCCCCC. The molecule has 0 saturated carbocycles. The van der Waals surface area contributed by atoms with Crippen LogP contribution in [0.4, 0.5) is 0 Å². The Bertz CT molecular complexity index is 1470. The first kappa shape index (κ1) is 79.8. The monoisotopic (exact) mass is 1210 g/mol. The van der Waals surface area contributed by atoms with E-state index in [0.717, 1.165) is 51.4 Å². The minimum Gasteiger partial charge on any atom is -0.394 e. The zero-order chi connectivity index (χ0) is 61.6. The van der Waals surface area contributed by atoms with Crippen LogP contribution in [0.15, 0.2) is 12.2 Å². The molecule has 0 aromatic rings. The quantitative estimate of drug-likeness (QED) is 0.0204. The summed E-state index contributed by atoms with van der Waals surface area (Å²) in [6, 6.07) is -0.825. The smallest absolute Gasteiger partial charge is 0.220 e. The molecule has 0 bridgehead atoms. The van der Waals surface area contributed by atoms with Crippen LogP contribution in [-0.4, -0.2) is 140 Å². The average Bonchev–Trinajstić information content (AvgIpc) is 3.29. The van der Waals surface area contributed by atoms with Crippen molar-refractivity contribution in [1.29, 1.82) is 0 Å². The number of allylic oxidation sites excluding steroid dienone is 2. The van der Waals surface area contributed by atoms with Crippen LogP contribution in [0.2, 0.25) is 0 Å². The van der Waals surface area contributed by atoms with Gasteiger partial charge in [-0.25, -0.2) is 0 Å². The van der Waals surface area contributed by atoms with Crippen LogP contribution in [0.5, 0.6) is 0 Å². The summed E-state index contributed by atoms with van der Waals surface area (Å²) in [4.78, 5) is 13.4. The number of hydrogen-bond acceptors (Lipinski definition) is 13. The first-order valence-electron chi connectivity index (χ1n) is 36.4. The number of aliphatic hydroxyl groups excluding tert-OH is 8. The number of unbranched alkanes of at least 4 members (excludes halogenated alkanes) is 46. The van der Waals surface area contributed by atoms with Crippen molar-refractivity contribution in [3.63, 3.8) is 0 Å². The molecular formula is C71H137NO13. The molecule has 14 heteroatoms. The molecule has 2 fully saturated rings. The number of amides is 1. The molecule has 1 amide bonds. The van der Waals surface area contributed by atoms with Crippen LogP contribution >= 0.6 is 0 Å². The highest BCUT2D eigenvalue weighted by molar-refractivity contribution is 5.76. The third-order valence-corrected chi connectivity index (χ3v) is 18.2. The number of aliphatic hydroxyl groups is 8. The fraction of sp³-hybridized carbons (Fsp3) is 0.958. The molecule has 0 aromatic carbocycles. The summed E-state index contributed by atoms with van der Waals surface area (Å²) in [5.74, 6) is -0.198. The molecule has 0 aromatic heterocycles. The summed E-state index contributed by atoms with van der Waals surface area (Å²) in [6.07, 6.45) is 52.4. The van der Waals surface area contributed by atoms with Gasteiger partial charge in [0.15, 0.2) is 12.6 Å². The topological polar surface area (TPSA) is 228 Å². The van der Waals surface area contributed by atoms with Crippen LogP contribution in [0.1, 0.15) is 341 Å². The summed E-state index contributed by atoms with van der Waals surface area (Å²) in [6.45, 7) is 2.92. The lowest BCUT2D eigenvalue weighted by Gasteiger charge is -2.46. The molecule has 12 unspecified atom stereocenters. The fourth-order valence-corrected chi connectivity index (χ4v) is 12.4. The average molecular weight is 1210 g/mol. The minimum absolute atomic E-state index is 0.198. The van der Waals surface area contributed by atoms with Gasteiger partial charge in [0.2, 0.25) is 5.91 Å². The molecule has 2 saturated heterocycles. The van der Waals surface area contributed by atoms with Gasteiger partial charge in [-0.3, -0.25) is 4.79 Å². The van der Waals surface area contributed by atoms with E-state index in [1.165, 1.54) is 263 Å². The molecule has 0 aliphatic carbocycles. The summed E-state index contributed by atoms with van der Waals surface area (Å²) in [5, 5.41) is 87.6. The van der Waals surface area contributed by atoms with Crippen molar-refractivity contribution in [2.45, 2.75) is 415 Å². The summed E-state index contributed by atoms with van der Waals surface area (Å²) in [7, 11) is 0. The van der Waals surface area contributed by atoms with E-state index in [-0.39, 0.29) is 12.5 Å². The Morgan fingerprint density at radius 2 is 0.741 bits per heavy atom. The molecule has 14 nitrogen and oxygen atoms in total. The highest BCUT2D eigenvalue weighted by Crippen LogP contribution is 2.30. The van der Waals surface area contributed by atoms with Gasteiger partial charge in [-0.2, -0.15) is 0 Å². The van der Waals surface area contributed by atoms with Gasteiger partial charge < -0.3 is 65.1 Å². The number of ether oxygens (including phenoxy) is 4. The normalized spacial score (nSPS) is 23.5. The Hall–Kier alpha value is -1.27. The number of nitrogens with one attached hydrogen (secondary N) is 1. The van der Waals surface area contributed by atoms with E-state index < -0.39 is 86.8 Å². The van der Waals surface area contributed by atoms with Gasteiger partial charge in [-0.05, 0) is 38.5 Å². The second-order valence-corrected chi connectivity index (χ2v) is 26.1. The van der Waals surface area contributed by atoms with Gasteiger partial charge in [0, 0.05) is 6.42 Å². The third-order valence-electron chi connectivity index (χ3n) is 18.2. The number of hydrogen-bond donors (Lipinski definition) is 9. The van der Waals surface area contributed by atoms with E-state index in [1.807, 2.05) is 0 Å². The van der Waals surface area contributed by atoms with Gasteiger partial charge in [-0.15, -0.1) is 0 Å². The van der Waals surface area contributed by atoms with Crippen molar-refractivity contribution in [3.05, 3.63) is 12.2 Å². The van der Waals surface area contributed by atoms with Crippen molar-refractivity contribution >= 4 is 5.91 Å². The van der Waals surface area contributed by atoms with E-state index in [0.29, 0.717) is 12.8 Å². The second-order valence-electron chi connectivity index (χ2n) is 26.1. The Balaban J connectivity index is 1.61. The lowest BCUT2D eigenvalue weighted by molar-refractivity contribution is -0.359. The van der Waals surface area contributed by atoms with Crippen LogP contribution in [0.25, 0.3) is 0 Å². The van der Waals surface area contributed by atoms with Crippen molar-refractivity contribution in [2.75, 3.05) is 19.8 Å². The molecule has 504 valence electrons. The fourth-order valence-electron chi connectivity index (χ4n) is 12.4. The van der Waals surface area contributed by atoms with E-state index >= 15 is 0 Å². The van der Waals surface area contributed by atoms with Gasteiger partial charge in [-0.1, -0.05) is 309 Å². The number of carbonyl (C=O) groups is 1. The maximum atomic E-state index is 13.4. The number of rotatable bonds is 61. The lowest BCUT2D eigenvalue weighted by Crippen LogP contribution is -2.65. The summed E-state index contributed by atoms with van der Waals surface area (Å²) in [5.41, 5.74) is 0. The Morgan fingerprint density at radius 3 is 1.12 bits per heavy atom. The zero-order valence-corrected chi connectivity index (χ0v) is 54.9. The highest BCUT2D eigenvalue weighted by atomic mass is 16.7. The highest BCUT2D eigenvalue weighted by Gasteiger charge is 2.51. The second kappa shape index (κ2) is 56.7. The molecule has 0 radical (unpaired) electrons. The predicted molar refractivity (Wildman–Crippen MR) is 346 cm³/mol. The zero-order valence-electron chi connectivity index (χ0n) is 54.9. The van der Waals surface area contributed by atoms with Crippen LogP contribution in [0.3, 0.4) is 0 Å². The maximum Gasteiger partial charge on any atom is 0.220 e. The molecule has 2 aliphatic rings. The maximum absolute atomic E-state index is 13.4. The lowest BCUT2D eigenvalue weighted by atomic mass is 9.97. The van der Waals surface area contributed by atoms with Gasteiger partial charge in [0.25, 0.3) is 0 Å². The van der Waals surface area contributed by atoms with E-state index in [1.54, 1.807) is 0 Å². The molecule has 9 N–H and O–H groups in total. The van der Waals surface area contributed by atoms with Crippen LogP contribution in [-0.2, 0) is 23.7 Å².